The largest absolute Gasteiger partial charge is 0.290 e. The molecular weight excluding hydrogens is 295 g/mol. The van der Waals surface area contributed by atoms with Crippen LogP contribution in [-0.4, -0.2) is 44.6 Å². The molecule has 0 spiro atoms. The Kier molecular flexibility index (Phi) is 12.3. The first-order valence-corrected chi connectivity index (χ1v) is 8.74. The summed E-state index contributed by atoms with van der Waals surface area (Å²) in [4.78, 5) is 0. The van der Waals surface area contributed by atoms with Crippen LogP contribution in [0.4, 0.5) is 0 Å². The second-order valence-electron chi connectivity index (χ2n) is 4.80. The SMILES string of the molecule is CCCCCCCCOS(=O)(=O)C=Cc1ccccc1.[Na]. The zero-order chi connectivity index (χ0) is 14.7. The van der Waals surface area contributed by atoms with E-state index < -0.39 is 10.1 Å². The quantitative estimate of drug-likeness (QED) is 0.372. The van der Waals surface area contributed by atoms with Crippen LogP contribution in [0, 0.1) is 0 Å². The van der Waals surface area contributed by atoms with E-state index in [4.69, 9.17) is 4.18 Å². The average molecular weight is 319 g/mol. The van der Waals surface area contributed by atoms with Gasteiger partial charge in [-0.15, -0.1) is 0 Å². The van der Waals surface area contributed by atoms with E-state index in [2.05, 4.69) is 6.92 Å². The van der Waals surface area contributed by atoms with Crippen LogP contribution in [0.2, 0.25) is 0 Å². The normalized spacial score (nSPS) is 11.5. The smallest absolute Gasteiger partial charge is 0.267 e. The molecule has 0 aliphatic carbocycles. The molecule has 0 aliphatic rings. The average Bonchev–Trinajstić information content (AvgIpc) is 2.45. The fourth-order valence-corrected chi connectivity index (χ4v) is 2.58. The molecule has 0 heterocycles. The summed E-state index contributed by atoms with van der Waals surface area (Å²) in [5.41, 5.74) is 0.847. The van der Waals surface area contributed by atoms with Gasteiger partial charge in [0.25, 0.3) is 10.1 Å². The number of unbranched alkanes of at least 4 members (excludes halogenated alkanes) is 5. The van der Waals surface area contributed by atoms with Gasteiger partial charge >= 0.3 is 0 Å². The third kappa shape index (κ3) is 11.1. The van der Waals surface area contributed by atoms with Crippen molar-refractivity contribution in [3.63, 3.8) is 0 Å². The maximum atomic E-state index is 11.6. The number of benzene rings is 1. The Morgan fingerprint density at radius 1 is 1.00 bits per heavy atom. The predicted molar refractivity (Wildman–Crippen MR) is 89.5 cm³/mol. The van der Waals surface area contributed by atoms with Crippen LogP contribution in [0.15, 0.2) is 35.7 Å². The van der Waals surface area contributed by atoms with Crippen LogP contribution in [0.25, 0.3) is 6.08 Å². The molecule has 0 saturated carbocycles. The Bertz CT molecular complexity index is 484. The van der Waals surface area contributed by atoms with Crippen molar-refractivity contribution < 1.29 is 12.6 Å². The van der Waals surface area contributed by atoms with Crippen molar-refractivity contribution >= 4 is 45.8 Å². The Labute approximate surface area is 151 Å². The minimum Gasteiger partial charge on any atom is -0.267 e. The summed E-state index contributed by atoms with van der Waals surface area (Å²) in [7, 11) is -3.56. The Morgan fingerprint density at radius 2 is 1.62 bits per heavy atom. The molecule has 0 aliphatic heterocycles. The van der Waals surface area contributed by atoms with Crippen LogP contribution in [0.5, 0.6) is 0 Å². The molecule has 1 rings (SSSR count). The molecule has 0 fully saturated rings. The first kappa shape index (κ1) is 20.9. The van der Waals surface area contributed by atoms with Crippen molar-refractivity contribution in [1.82, 2.24) is 0 Å². The summed E-state index contributed by atoms with van der Waals surface area (Å²) in [5.74, 6) is 0. The molecular formula is C16H24NaO3S. The first-order valence-electron chi connectivity index (χ1n) is 7.26. The molecule has 0 aromatic heterocycles. The summed E-state index contributed by atoms with van der Waals surface area (Å²) < 4.78 is 28.2. The Hall–Kier alpha value is -0.130. The zero-order valence-electron chi connectivity index (χ0n) is 13.1. The zero-order valence-corrected chi connectivity index (χ0v) is 15.9. The maximum absolute atomic E-state index is 11.6. The minimum atomic E-state index is -3.56. The van der Waals surface area contributed by atoms with Crippen molar-refractivity contribution in [2.45, 2.75) is 45.4 Å². The van der Waals surface area contributed by atoms with Gasteiger partial charge in [-0.25, -0.2) is 0 Å². The van der Waals surface area contributed by atoms with E-state index in [1.165, 1.54) is 19.3 Å². The topological polar surface area (TPSA) is 43.4 Å². The monoisotopic (exact) mass is 319 g/mol. The van der Waals surface area contributed by atoms with Gasteiger partial charge in [-0.2, -0.15) is 8.42 Å². The fraction of sp³-hybridized carbons (Fsp3) is 0.500. The Morgan fingerprint density at radius 3 is 2.29 bits per heavy atom. The summed E-state index contributed by atoms with van der Waals surface area (Å²) in [6.07, 6.45) is 8.21. The van der Waals surface area contributed by atoms with E-state index in [0.29, 0.717) is 0 Å². The molecule has 1 radical (unpaired) electrons. The molecule has 0 amide bonds. The third-order valence-electron chi connectivity index (χ3n) is 2.97. The number of hydrogen-bond acceptors (Lipinski definition) is 3. The fourth-order valence-electron chi connectivity index (χ4n) is 1.82. The van der Waals surface area contributed by atoms with E-state index in [1.807, 2.05) is 30.3 Å². The molecule has 113 valence electrons. The molecule has 1 aromatic carbocycles. The maximum Gasteiger partial charge on any atom is 0.290 e. The van der Waals surface area contributed by atoms with Crippen molar-refractivity contribution in [1.29, 1.82) is 0 Å². The van der Waals surface area contributed by atoms with Gasteiger partial charge in [-0.1, -0.05) is 69.4 Å². The molecule has 3 nitrogen and oxygen atoms in total. The first-order chi connectivity index (χ1) is 9.64. The minimum absolute atomic E-state index is 0. The number of hydrogen-bond donors (Lipinski definition) is 0. The second-order valence-corrected chi connectivity index (χ2v) is 6.29. The Balaban J connectivity index is 0.00000400. The van der Waals surface area contributed by atoms with Gasteiger partial charge in [0.2, 0.25) is 0 Å². The number of rotatable bonds is 10. The van der Waals surface area contributed by atoms with Gasteiger partial charge in [0.05, 0.1) is 12.0 Å². The summed E-state index contributed by atoms with van der Waals surface area (Å²) in [6.45, 7) is 2.45. The van der Waals surface area contributed by atoms with E-state index in [9.17, 15) is 8.42 Å². The molecule has 1 aromatic rings. The third-order valence-corrected chi connectivity index (χ3v) is 3.94. The predicted octanol–water partition coefficient (Wildman–Crippen LogP) is 3.98. The van der Waals surface area contributed by atoms with Crippen molar-refractivity contribution in [3.8, 4) is 0 Å². The summed E-state index contributed by atoms with van der Waals surface area (Å²) >= 11 is 0. The van der Waals surface area contributed by atoms with Gasteiger partial charge in [0, 0.05) is 29.6 Å². The molecule has 0 saturated heterocycles. The van der Waals surface area contributed by atoms with Crippen LogP contribution in [0.1, 0.15) is 51.0 Å². The van der Waals surface area contributed by atoms with Gasteiger partial charge in [0.1, 0.15) is 0 Å². The van der Waals surface area contributed by atoms with Gasteiger partial charge in [-0.05, 0) is 18.1 Å². The molecule has 0 bridgehead atoms. The molecule has 5 heteroatoms. The van der Waals surface area contributed by atoms with Crippen LogP contribution in [0.3, 0.4) is 0 Å². The molecule has 0 N–H and O–H groups in total. The van der Waals surface area contributed by atoms with Gasteiger partial charge in [-0.3, -0.25) is 4.18 Å². The van der Waals surface area contributed by atoms with Gasteiger partial charge in [0.15, 0.2) is 0 Å². The van der Waals surface area contributed by atoms with Crippen molar-refractivity contribution in [2.75, 3.05) is 6.61 Å². The van der Waals surface area contributed by atoms with Crippen LogP contribution >= 0.6 is 0 Å². The second kappa shape index (κ2) is 12.4. The van der Waals surface area contributed by atoms with Crippen LogP contribution in [-0.2, 0) is 14.3 Å². The van der Waals surface area contributed by atoms with E-state index >= 15 is 0 Å². The van der Waals surface area contributed by atoms with Crippen LogP contribution < -0.4 is 0 Å². The van der Waals surface area contributed by atoms with Crippen molar-refractivity contribution in [2.24, 2.45) is 0 Å². The standard InChI is InChI=1S/C16H24O3S.Na/c1-2-3-4-5-6-10-14-19-20(17,18)15-13-16-11-8-7-9-12-16;/h7-9,11-13,15H,2-6,10,14H2,1H3;. The van der Waals surface area contributed by atoms with Crippen molar-refractivity contribution in [3.05, 3.63) is 41.3 Å². The molecule has 0 atom stereocenters. The molecule has 21 heavy (non-hydrogen) atoms. The van der Waals surface area contributed by atoms with E-state index in [0.717, 1.165) is 30.2 Å². The van der Waals surface area contributed by atoms with E-state index in [-0.39, 0.29) is 36.2 Å². The summed E-state index contributed by atoms with van der Waals surface area (Å²) in [5, 5.41) is 1.12. The van der Waals surface area contributed by atoms with E-state index in [1.54, 1.807) is 6.08 Å². The molecule has 0 unspecified atom stereocenters. The summed E-state index contributed by atoms with van der Waals surface area (Å²) in [6, 6.07) is 9.31. The van der Waals surface area contributed by atoms with Gasteiger partial charge < -0.3 is 0 Å².